The number of hydrogen-bond acceptors (Lipinski definition) is 1. The van der Waals surface area contributed by atoms with Crippen molar-refractivity contribution in [3.63, 3.8) is 0 Å². The highest BCUT2D eigenvalue weighted by Crippen LogP contribution is 2.10. The van der Waals surface area contributed by atoms with Gasteiger partial charge in [0.1, 0.15) is 11.6 Å². The van der Waals surface area contributed by atoms with E-state index in [4.69, 9.17) is 0 Å². The number of halogens is 2. The van der Waals surface area contributed by atoms with Gasteiger partial charge in [0.25, 0.3) is 0 Å². The van der Waals surface area contributed by atoms with Crippen molar-refractivity contribution in [3.8, 4) is 0 Å². The summed E-state index contributed by atoms with van der Waals surface area (Å²) in [5, 5.41) is 0. The maximum absolute atomic E-state index is 13.4. The number of hydrogen-bond donors (Lipinski definition) is 0. The van der Waals surface area contributed by atoms with Gasteiger partial charge in [-0.2, -0.15) is 0 Å². The normalized spacial score (nSPS) is 10.8. The predicted molar refractivity (Wildman–Crippen MR) is 59.8 cm³/mol. The van der Waals surface area contributed by atoms with Gasteiger partial charge in [-0.05, 0) is 25.1 Å². The lowest BCUT2D eigenvalue weighted by Crippen LogP contribution is -2.24. The van der Waals surface area contributed by atoms with Crippen LogP contribution in [0, 0.1) is 11.6 Å². The second-order valence-corrected chi connectivity index (χ2v) is 3.73. The highest BCUT2D eigenvalue weighted by atomic mass is 19.1. The summed E-state index contributed by atoms with van der Waals surface area (Å²) in [4.78, 5) is 11.7. The van der Waals surface area contributed by atoms with Crippen LogP contribution in [0.2, 0.25) is 0 Å². The Kier molecular flexibility index (Phi) is 3.08. The van der Waals surface area contributed by atoms with E-state index in [1.54, 1.807) is 12.4 Å². The molecule has 0 aliphatic rings. The number of rotatable bonds is 3. The molecular formula is C12H12F2N2O. The van der Waals surface area contributed by atoms with Gasteiger partial charge in [0, 0.05) is 24.5 Å². The molecule has 2 rings (SSSR count). The molecule has 1 aromatic heterocycles. The summed E-state index contributed by atoms with van der Waals surface area (Å²) in [5.41, 5.74) is -0.0582. The lowest BCUT2D eigenvalue weighted by molar-refractivity contribution is 0.571. The van der Waals surface area contributed by atoms with E-state index >= 15 is 0 Å². The van der Waals surface area contributed by atoms with Crippen LogP contribution >= 0.6 is 0 Å². The Labute approximate surface area is 96.9 Å². The third kappa shape index (κ3) is 2.27. The van der Waals surface area contributed by atoms with E-state index in [-0.39, 0.29) is 17.8 Å². The summed E-state index contributed by atoms with van der Waals surface area (Å²) in [6.45, 7) is 2.43. The minimum Gasteiger partial charge on any atom is -0.300 e. The van der Waals surface area contributed by atoms with Gasteiger partial charge in [0.05, 0.1) is 6.54 Å². The minimum absolute atomic E-state index is 0.0371. The Hall–Kier alpha value is -1.91. The van der Waals surface area contributed by atoms with Crippen molar-refractivity contribution in [1.29, 1.82) is 0 Å². The van der Waals surface area contributed by atoms with Gasteiger partial charge in [0.15, 0.2) is 0 Å². The SMILES string of the molecule is CCn1ccn(Cc2cc(F)ccc2F)c1=O. The first kappa shape index (κ1) is 11.6. The van der Waals surface area contributed by atoms with E-state index in [0.717, 1.165) is 18.2 Å². The largest absolute Gasteiger partial charge is 0.328 e. The molecular weight excluding hydrogens is 226 g/mol. The maximum Gasteiger partial charge on any atom is 0.328 e. The monoisotopic (exact) mass is 238 g/mol. The van der Waals surface area contributed by atoms with E-state index in [0.29, 0.717) is 6.54 Å². The smallest absolute Gasteiger partial charge is 0.300 e. The average molecular weight is 238 g/mol. The van der Waals surface area contributed by atoms with Crippen molar-refractivity contribution in [2.24, 2.45) is 0 Å². The molecule has 0 bridgehead atoms. The summed E-state index contributed by atoms with van der Waals surface area (Å²) in [7, 11) is 0. The van der Waals surface area contributed by atoms with Crippen LogP contribution in [0.1, 0.15) is 12.5 Å². The van der Waals surface area contributed by atoms with Gasteiger partial charge in [-0.3, -0.25) is 9.13 Å². The molecule has 1 heterocycles. The first-order chi connectivity index (χ1) is 8.11. The number of aryl methyl sites for hydroxylation is 1. The van der Waals surface area contributed by atoms with E-state index < -0.39 is 11.6 Å². The summed E-state index contributed by atoms with van der Waals surface area (Å²) in [6.07, 6.45) is 3.19. The second-order valence-electron chi connectivity index (χ2n) is 3.73. The van der Waals surface area contributed by atoms with Crippen molar-refractivity contribution in [2.45, 2.75) is 20.0 Å². The fraction of sp³-hybridized carbons (Fsp3) is 0.250. The second kappa shape index (κ2) is 4.53. The molecule has 0 fully saturated rings. The number of benzene rings is 1. The van der Waals surface area contributed by atoms with Gasteiger partial charge in [0.2, 0.25) is 0 Å². The molecule has 90 valence electrons. The Morgan fingerprint density at radius 2 is 1.88 bits per heavy atom. The first-order valence-electron chi connectivity index (χ1n) is 5.31. The summed E-state index contributed by atoms with van der Waals surface area (Å²) in [5.74, 6) is -1.02. The van der Waals surface area contributed by atoms with E-state index in [1.807, 2.05) is 6.92 Å². The third-order valence-corrected chi connectivity index (χ3v) is 2.61. The first-order valence-corrected chi connectivity index (χ1v) is 5.31. The molecule has 0 saturated heterocycles. The molecule has 0 aliphatic carbocycles. The Balaban J connectivity index is 2.34. The van der Waals surface area contributed by atoms with Crippen LogP contribution in [0.4, 0.5) is 8.78 Å². The topological polar surface area (TPSA) is 26.9 Å². The van der Waals surface area contributed by atoms with Crippen LogP contribution in [0.25, 0.3) is 0 Å². The van der Waals surface area contributed by atoms with Gasteiger partial charge in [-0.25, -0.2) is 13.6 Å². The molecule has 1 aromatic carbocycles. The average Bonchev–Trinajstić information content (AvgIpc) is 2.65. The van der Waals surface area contributed by atoms with Crippen molar-refractivity contribution in [2.75, 3.05) is 0 Å². The number of imidazole rings is 1. The lowest BCUT2D eigenvalue weighted by atomic mass is 10.2. The van der Waals surface area contributed by atoms with Gasteiger partial charge in [-0.15, -0.1) is 0 Å². The fourth-order valence-corrected chi connectivity index (χ4v) is 1.66. The van der Waals surface area contributed by atoms with E-state index in [2.05, 4.69) is 0 Å². The number of nitrogens with zero attached hydrogens (tertiary/aromatic N) is 2. The van der Waals surface area contributed by atoms with Gasteiger partial charge in [-0.1, -0.05) is 0 Å². The third-order valence-electron chi connectivity index (χ3n) is 2.61. The fourth-order valence-electron chi connectivity index (χ4n) is 1.66. The van der Waals surface area contributed by atoms with Crippen LogP contribution in [0.5, 0.6) is 0 Å². The summed E-state index contributed by atoms with van der Waals surface area (Å²) in [6, 6.07) is 3.22. The molecule has 0 unspecified atom stereocenters. The van der Waals surface area contributed by atoms with E-state index in [9.17, 15) is 13.6 Å². The molecule has 0 amide bonds. The van der Waals surface area contributed by atoms with Crippen LogP contribution in [0.15, 0.2) is 35.4 Å². The zero-order valence-corrected chi connectivity index (χ0v) is 9.36. The summed E-state index contributed by atoms with van der Waals surface area (Å²) < 4.78 is 29.2. The van der Waals surface area contributed by atoms with Crippen LogP contribution in [0.3, 0.4) is 0 Å². The molecule has 17 heavy (non-hydrogen) atoms. The highest BCUT2D eigenvalue weighted by molar-refractivity contribution is 5.19. The van der Waals surface area contributed by atoms with Gasteiger partial charge >= 0.3 is 5.69 Å². The van der Waals surface area contributed by atoms with Crippen molar-refractivity contribution in [1.82, 2.24) is 9.13 Å². The molecule has 0 spiro atoms. The summed E-state index contributed by atoms with van der Waals surface area (Å²) >= 11 is 0. The quantitative estimate of drug-likeness (QED) is 0.803. The molecule has 3 nitrogen and oxygen atoms in total. The predicted octanol–water partition coefficient (Wildman–Crippen LogP) is 2.00. The zero-order valence-electron chi connectivity index (χ0n) is 9.36. The Morgan fingerprint density at radius 3 is 2.53 bits per heavy atom. The van der Waals surface area contributed by atoms with E-state index in [1.165, 1.54) is 9.13 Å². The van der Waals surface area contributed by atoms with Crippen molar-refractivity contribution in [3.05, 3.63) is 58.3 Å². The lowest BCUT2D eigenvalue weighted by Gasteiger charge is -2.03. The molecule has 0 N–H and O–H groups in total. The Morgan fingerprint density at radius 1 is 1.18 bits per heavy atom. The standard InChI is InChI=1S/C12H12F2N2O/c1-2-15-5-6-16(12(15)17)8-9-7-10(13)3-4-11(9)14/h3-7H,2,8H2,1H3. The molecule has 5 heteroatoms. The van der Waals surface area contributed by atoms with Crippen LogP contribution in [-0.4, -0.2) is 9.13 Å². The molecule has 0 saturated carbocycles. The van der Waals surface area contributed by atoms with Crippen LogP contribution in [-0.2, 0) is 13.1 Å². The zero-order chi connectivity index (χ0) is 12.4. The molecule has 0 atom stereocenters. The number of aromatic nitrogens is 2. The minimum atomic E-state index is -0.512. The van der Waals surface area contributed by atoms with Gasteiger partial charge < -0.3 is 0 Å². The maximum atomic E-state index is 13.4. The van der Waals surface area contributed by atoms with Crippen molar-refractivity contribution >= 4 is 0 Å². The Bertz CT molecular complexity index is 586. The highest BCUT2D eigenvalue weighted by Gasteiger charge is 2.07. The molecule has 0 aliphatic heterocycles. The van der Waals surface area contributed by atoms with Crippen LogP contribution < -0.4 is 5.69 Å². The molecule has 2 aromatic rings. The van der Waals surface area contributed by atoms with Crippen molar-refractivity contribution < 1.29 is 8.78 Å². The molecule has 0 radical (unpaired) electrons.